The van der Waals surface area contributed by atoms with Gasteiger partial charge in [-0.25, -0.2) is 0 Å². The fraction of sp³-hybridized carbons (Fsp3) is 0.818. The summed E-state index contributed by atoms with van der Waals surface area (Å²) >= 11 is 0. The van der Waals surface area contributed by atoms with E-state index in [-0.39, 0.29) is 6.04 Å². The Labute approximate surface area is 102 Å². The second-order valence-electron chi connectivity index (χ2n) is 4.70. The molecular weight excluding hydrogens is 218 g/mol. The number of rotatable bonds is 4. The number of piperidine rings is 1. The second kappa shape index (κ2) is 5.46. The van der Waals surface area contributed by atoms with Gasteiger partial charge in [0.25, 0.3) is 0 Å². The van der Waals surface area contributed by atoms with E-state index >= 15 is 0 Å². The van der Waals surface area contributed by atoms with Crippen molar-refractivity contribution >= 4 is 5.95 Å². The molecule has 0 spiro atoms. The van der Waals surface area contributed by atoms with Crippen molar-refractivity contribution in [2.45, 2.75) is 25.8 Å². The van der Waals surface area contributed by atoms with Crippen LogP contribution in [0.4, 0.5) is 5.95 Å². The number of anilines is 1. The van der Waals surface area contributed by atoms with E-state index in [1.54, 1.807) is 7.11 Å². The van der Waals surface area contributed by atoms with Gasteiger partial charge in [-0.1, -0.05) is 6.92 Å². The van der Waals surface area contributed by atoms with E-state index in [4.69, 9.17) is 10.5 Å². The van der Waals surface area contributed by atoms with E-state index in [1.807, 2.05) is 0 Å². The molecule has 2 heterocycles. The molecule has 17 heavy (non-hydrogen) atoms. The molecule has 2 atom stereocenters. The van der Waals surface area contributed by atoms with Crippen LogP contribution in [0.5, 0.6) is 0 Å². The molecule has 6 nitrogen and oxygen atoms in total. The van der Waals surface area contributed by atoms with Gasteiger partial charge in [0, 0.05) is 32.7 Å². The molecule has 0 amide bonds. The predicted molar refractivity (Wildman–Crippen MR) is 65.9 cm³/mol. The molecule has 2 rings (SSSR count). The zero-order chi connectivity index (χ0) is 12.3. The van der Waals surface area contributed by atoms with Crippen molar-refractivity contribution in [1.82, 2.24) is 15.2 Å². The molecule has 0 aliphatic carbocycles. The summed E-state index contributed by atoms with van der Waals surface area (Å²) in [5.74, 6) is 2.21. The van der Waals surface area contributed by atoms with E-state index in [2.05, 4.69) is 27.0 Å². The van der Waals surface area contributed by atoms with Gasteiger partial charge in [-0.3, -0.25) is 5.10 Å². The monoisotopic (exact) mass is 239 g/mol. The minimum Gasteiger partial charge on any atom is -0.384 e. The summed E-state index contributed by atoms with van der Waals surface area (Å²) in [7, 11) is 1.68. The number of nitrogens with two attached hydrogens (primary N) is 1. The molecule has 0 aromatic carbocycles. The summed E-state index contributed by atoms with van der Waals surface area (Å²) in [5, 5.41) is 7.17. The first kappa shape index (κ1) is 12.3. The molecule has 1 aromatic rings. The van der Waals surface area contributed by atoms with Gasteiger partial charge in [0.05, 0.1) is 6.61 Å². The van der Waals surface area contributed by atoms with Gasteiger partial charge in [0.1, 0.15) is 5.82 Å². The first-order valence-corrected chi connectivity index (χ1v) is 6.11. The Hall–Kier alpha value is -1.14. The number of hydrogen-bond acceptors (Lipinski definition) is 5. The van der Waals surface area contributed by atoms with Crippen LogP contribution in [0.2, 0.25) is 0 Å². The van der Waals surface area contributed by atoms with Crippen molar-refractivity contribution in [2.75, 3.05) is 31.7 Å². The van der Waals surface area contributed by atoms with Crippen LogP contribution in [-0.2, 0) is 11.2 Å². The highest BCUT2D eigenvalue weighted by Gasteiger charge is 2.25. The minimum absolute atomic E-state index is 0.213. The topological polar surface area (TPSA) is 80.1 Å². The molecule has 0 radical (unpaired) electrons. The van der Waals surface area contributed by atoms with E-state index < -0.39 is 0 Å². The van der Waals surface area contributed by atoms with E-state index in [0.29, 0.717) is 12.5 Å². The summed E-state index contributed by atoms with van der Waals surface area (Å²) in [6.07, 6.45) is 1.86. The SMILES string of the molecule is COCCc1nc(N2CCC(C)C(N)C2)n[nH]1. The lowest BCUT2D eigenvalue weighted by Gasteiger charge is -2.34. The standard InChI is InChI=1S/C11H21N5O/c1-8-3-5-16(7-9(8)12)11-13-10(14-15-11)4-6-17-2/h8-9H,3-7,12H2,1-2H3,(H,13,14,15). The highest BCUT2D eigenvalue weighted by atomic mass is 16.5. The summed E-state index contributed by atoms with van der Waals surface area (Å²) in [6, 6.07) is 0.213. The van der Waals surface area contributed by atoms with Crippen molar-refractivity contribution in [1.29, 1.82) is 0 Å². The molecule has 2 unspecified atom stereocenters. The van der Waals surface area contributed by atoms with E-state index in [9.17, 15) is 0 Å². The first-order valence-electron chi connectivity index (χ1n) is 6.11. The van der Waals surface area contributed by atoms with Crippen molar-refractivity contribution in [2.24, 2.45) is 11.7 Å². The highest BCUT2D eigenvalue weighted by Crippen LogP contribution is 2.19. The molecule has 6 heteroatoms. The van der Waals surface area contributed by atoms with Crippen molar-refractivity contribution in [3.05, 3.63) is 5.82 Å². The third kappa shape index (κ3) is 2.95. The Morgan fingerprint density at radius 2 is 2.41 bits per heavy atom. The van der Waals surface area contributed by atoms with E-state index in [0.717, 1.165) is 37.7 Å². The first-order chi connectivity index (χ1) is 8.20. The van der Waals surface area contributed by atoms with Gasteiger partial charge in [0.15, 0.2) is 0 Å². The highest BCUT2D eigenvalue weighted by molar-refractivity contribution is 5.30. The lowest BCUT2D eigenvalue weighted by molar-refractivity contribution is 0.200. The summed E-state index contributed by atoms with van der Waals surface area (Å²) in [4.78, 5) is 6.60. The van der Waals surface area contributed by atoms with Gasteiger partial charge in [0.2, 0.25) is 5.95 Å². The van der Waals surface area contributed by atoms with Crippen molar-refractivity contribution < 1.29 is 4.74 Å². The number of H-pyrrole nitrogens is 1. The molecule has 96 valence electrons. The molecule has 1 aromatic heterocycles. The molecular formula is C11H21N5O. The third-order valence-electron chi connectivity index (χ3n) is 3.36. The zero-order valence-corrected chi connectivity index (χ0v) is 10.5. The molecule has 0 saturated carbocycles. The van der Waals surface area contributed by atoms with Crippen LogP contribution in [0.15, 0.2) is 0 Å². The van der Waals surface area contributed by atoms with Crippen molar-refractivity contribution in [3.8, 4) is 0 Å². The van der Waals surface area contributed by atoms with Crippen LogP contribution in [0.1, 0.15) is 19.2 Å². The largest absolute Gasteiger partial charge is 0.384 e. The Balaban J connectivity index is 1.95. The Bertz CT molecular complexity index is 353. The van der Waals surface area contributed by atoms with Gasteiger partial charge >= 0.3 is 0 Å². The smallest absolute Gasteiger partial charge is 0.244 e. The van der Waals surface area contributed by atoms with Crippen LogP contribution in [0.3, 0.4) is 0 Å². The molecule has 1 saturated heterocycles. The average Bonchev–Trinajstić information content (AvgIpc) is 2.79. The Kier molecular flexibility index (Phi) is 3.96. The Morgan fingerprint density at radius 3 is 3.12 bits per heavy atom. The maximum Gasteiger partial charge on any atom is 0.244 e. The van der Waals surface area contributed by atoms with Crippen LogP contribution in [0, 0.1) is 5.92 Å². The fourth-order valence-electron chi connectivity index (χ4n) is 2.02. The number of nitrogens with zero attached hydrogens (tertiary/aromatic N) is 3. The lowest BCUT2D eigenvalue weighted by atomic mass is 9.95. The number of ether oxygens (including phenoxy) is 1. The maximum atomic E-state index is 6.07. The van der Waals surface area contributed by atoms with Crippen molar-refractivity contribution in [3.63, 3.8) is 0 Å². The number of aromatic nitrogens is 3. The molecule has 1 aliphatic heterocycles. The molecule has 3 N–H and O–H groups in total. The average molecular weight is 239 g/mol. The molecule has 0 bridgehead atoms. The lowest BCUT2D eigenvalue weighted by Crippen LogP contribution is -2.48. The minimum atomic E-state index is 0.213. The quantitative estimate of drug-likeness (QED) is 0.782. The number of methoxy groups -OCH3 is 1. The summed E-state index contributed by atoms with van der Waals surface area (Å²) in [6.45, 7) is 4.67. The van der Waals surface area contributed by atoms with E-state index in [1.165, 1.54) is 0 Å². The maximum absolute atomic E-state index is 6.07. The number of nitrogens with one attached hydrogen (secondary N) is 1. The predicted octanol–water partition coefficient (Wildman–Crippen LogP) is 0.167. The van der Waals surface area contributed by atoms with Gasteiger partial charge in [-0.05, 0) is 12.3 Å². The zero-order valence-electron chi connectivity index (χ0n) is 10.5. The van der Waals surface area contributed by atoms with Crippen LogP contribution in [-0.4, -0.2) is 48.0 Å². The number of aromatic amines is 1. The third-order valence-corrected chi connectivity index (χ3v) is 3.36. The van der Waals surface area contributed by atoms with Crippen LogP contribution in [0.25, 0.3) is 0 Å². The number of hydrogen-bond donors (Lipinski definition) is 2. The summed E-state index contributed by atoms with van der Waals surface area (Å²) < 4.78 is 5.01. The van der Waals surface area contributed by atoms with Gasteiger partial charge in [-0.2, -0.15) is 4.98 Å². The van der Waals surface area contributed by atoms with Gasteiger partial charge in [-0.15, -0.1) is 5.10 Å². The summed E-state index contributed by atoms with van der Waals surface area (Å²) in [5.41, 5.74) is 6.07. The molecule has 1 aliphatic rings. The fourth-order valence-corrected chi connectivity index (χ4v) is 2.02. The van der Waals surface area contributed by atoms with Gasteiger partial charge < -0.3 is 15.4 Å². The normalized spacial score (nSPS) is 25.2. The second-order valence-corrected chi connectivity index (χ2v) is 4.70. The Morgan fingerprint density at radius 1 is 1.59 bits per heavy atom. The van der Waals surface area contributed by atoms with Crippen LogP contribution < -0.4 is 10.6 Å². The van der Waals surface area contributed by atoms with Crippen LogP contribution >= 0.6 is 0 Å². The molecule has 1 fully saturated rings.